The van der Waals surface area contributed by atoms with Crippen molar-refractivity contribution in [1.29, 1.82) is 0 Å². The Kier molecular flexibility index (Phi) is 5.28. The van der Waals surface area contributed by atoms with Crippen LogP contribution < -0.4 is 0 Å². The van der Waals surface area contributed by atoms with Crippen LogP contribution in [-0.2, 0) is 5.41 Å². The minimum atomic E-state index is -0.457. The summed E-state index contributed by atoms with van der Waals surface area (Å²) < 4.78 is 5.03. The molecule has 48 heavy (non-hydrogen) atoms. The van der Waals surface area contributed by atoms with Crippen LogP contribution in [0.25, 0.3) is 55.3 Å². The van der Waals surface area contributed by atoms with Gasteiger partial charge in [-0.15, -0.1) is 0 Å². The average molecular weight is 629 g/mol. The first-order valence-corrected chi connectivity index (χ1v) is 17.4. The van der Waals surface area contributed by atoms with E-state index in [9.17, 15) is 0 Å². The molecule has 0 unspecified atom stereocenters. The predicted molar refractivity (Wildman–Crippen MR) is 199 cm³/mol. The molecule has 1 aliphatic carbocycles. The summed E-state index contributed by atoms with van der Waals surface area (Å²) >= 11 is 1.87. The summed E-state index contributed by atoms with van der Waals surface area (Å²) in [5.41, 5.74) is 13.5. The summed E-state index contributed by atoms with van der Waals surface area (Å²) in [4.78, 5) is 2.58. The highest BCUT2D eigenvalue weighted by Gasteiger charge is 2.46. The molecule has 0 amide bonds. The molecule has 3 heteroatoms. The van der Waals surface area contributed by atoms with Crippen LogP contribution >= 0.6 is 11.8 Å². The van der Waals surface area contributed by atoms with E-state index in [-0.39, 0.29) is 0 Å². The molecule has 7 aromatic carbocycles. The van der Waals surface area contributed by atoms with E-state index in [2.05, 4.69) is 179 Å². The van der Waals surface area contributed by atoms with Crippen molar-refractivity contribution in [2.24, 2.45) is 0 Å². The Balaban J connectivity index is 1.28. The maximum absolute atomic E-state index is 2.52. The maximum Gasteiger partial charge on any atom is 0.131 e. The Morgan fingerprint density at radius 2 is 1.08 bits per heavy atom. The first kappa shape index (κ1) is 26.3. The van der Waals surface area contributed by atoms with E-state index in [1.165, 1.54) is 81.7 Å². The number of hydrogen-bond donors (Lipinski definition) is 0. The maximum atomic E-state index is 2.52. The molecule has 2 aliphatic rings. The number of rotatable bonds is 3. The largest absolute Gasteiger partial charge is 0.295 e. The van der Waals surface area contributed by atoms with Crippen molar-refractivity contribution < 1.29 is 0 Å². The Labute approximate surface area is 282 Å². The molecular formula is C45H28N2S. The Hall–Kier alpha value is -5.77. The lowest BCUT2D eigenvalue weighted by molar-refractivity contribution is 0.767. The first-order valence-electron chi connectivity index (χ1n) is 16.5. The SMILES string of the molecule is c1ccc(C2(c3cccc(-n4c5ccccc5c5c6cccc7c6n(c54)-c4ccccc4S7)c3)c3ccccc3-c3ccccc32)cc1. The molecule has 0 atom stereocenters. The van der Waals surface area contributed by atoms with Crippen LogP contribution in [0.2, 0.25) is 0 Å². The van der Waals surface area contributed by atoms with E-state index in [1.807, 2.05) is 11.8 Å². The molecule has 0 bridgehead atoms. The standard InChI is InChI=1S/C45H28N2S/c1-2-14-29(15-3-1)45(36-22-7-4-18-32(36)33-19-5-8-23-37(33)45)30-16-12-17-31(28-30)46-38-24-9-6-20-34(38)42-35-21-13-27-41-43(35)47(44(42)46)39-25-10-11-26-40(39)48-41/h1-28H. The average Bonchev–Trinajstić information content (AvgIpc) is 3.78. The number of aromatic nitrogens is 2. The number of nitrogens with zero attached hydrogens (tertiary/aromatic N) is 2. The quantitative estimate of drug-likeness (QED) is 0.189. The van der Waals surface area contributed by atoms with E-state index < -0.39 is 5.41 Å². The Morgan fingerprint density at radius 3 is 1.92 bits per heavy atom. The molecule has 0 saturated heterocycles. The molecule has 2 nitrogen and oxygen atoms in total. The van der Waals surface area contributed by atoms with Crippen LogP contribution in [0.15, 0.2) is 180 Å². The molecule has 0 radical (unpaired) electrons. The Bertz CT molecular complexity index is 2720. The lowest BCUT2D eigenvalue weighted by atomic mass is 9.67. The highest BCUT2D eigenvalue weighted by molar-refractivity contribution is 7.99. The molecule has 3 heterocycles. The van der Waals surface area contributed by atoms with Crippen molar-refractivity contribution in [1.82, 2.24) is 9.13 Å². The van der Waals surface area contributed by atoms with E-state index >= 15 is 0 Å². The summed E-state index contributed by atoms with van der Waals surface area (Å²) in [6.45, 7) is 0. The lowest BCUT2D eigenvalue weighted by Gasteiger charge is -2.34. The van der Waals surface area contributed by atoms with Gasteiger partial charge in [-0.2, -0.15) is 0 Å². The highest BCUT2D eigenvalue weighted by Crippen LogP contribution is 2.56. The smallest absolute Gasteiger partial charge is 0.131 e. The van der Waals surface area contributed by atoms with Gasteiger partial charge in [0.05, 0.1) is 22.1 Å². The van der Waals surface area contributed by atoms with Gasteiger partial charge in [0.25, 0.3) is 0 Å². The summed E-state index contributed by atoms with van der Waals surface area (Å²) in [5, 5.41) is 3.88. The van der Waals surface area contributed by atoms with Crippen LogP contribution in [0, 0.1) is 0 Å². The molecule has 0 fully saturated rings. The fourth-order valence-corrected chi connectivity index (χ4v) is 9.87. The van der Waals surface area contributed by atoms with Gasteiger partial charge in [0, 0.05) is 31.6 Å². The van der Waals surface area contributed by atoms with Gasteiger partial charge in [-0.3, -0.25) is 9.13 Å². The zero-order valence-electron chi connectivity index (χ0n) is 26.0. The van der Waals surface area contributed by atoms with Crippen LogP contribution in [0.1, 0.15) is 22.3 Å². The summed E-state index contributed by atoms with van der Waals surface area (Å²) in [7, 11) is 0. The van der Waals surface area contributed by atoms with Crippen molar-refractivity contribution in [3.63, 3.8) is 0 Å². The summed E-state index contributed by atoms with van der Waals surface area (Å²) in [6, 6.07) is 62.9. The van der Waals surface area contributed by atoms with Gasteiger partial charge >= 0.3 is 0 Å². The van der Waals surface area contributed by atoms with Crippen molar-refractivity contribution >= 4 is 44.6 Å². The zero-order chi connectivity index (χ0) is 31.4. The Morgan fingerprint density at radius 1 is 0.458 bits per heavy atom. The zero-order valence-corrected chi connectivity index (χ0v) is 26.8. The third-order valence-electron chi connectivity index (χ3n) is 10.6. The molecule has 2 aromatic heterocycles. The molecule has 0 N–H and O–H groups in total. The van der Waals surface area contributed by atoms with Gasteiger partial charge in [0.15, 0.2) is 0 Å². The molecule has 11 rings (SSSR count). The fourth-order valence-electron chi connectivity index (χ4n) is 8.78. The van der Waals surface area contributed by atoms with E-state index in [0.29, 0.717) is 0 Å². The molecule has 9 aromatic rings. The van der Waals surface area contributed by atoms with E-state index in [1.54, 1.807) is 0 Å². The van der Waals surface area contributed by atoms with Crippen LogP contribution in [0.4, 0.5) is 0 Å². The highest BCUT2D eigenvalue weighted by atomic mass is 32.2. The topological polar surface area (TPSA) is 9.86 Å². The molecular weight excluding hydrogens is 601 g/mol. The third-order valence-corrected chi connectivity index (χ3v) is 11.7. The number of fused-ring (bicyclic) bond motifs is 10. The second kappa shape index (κ2) is 9.63. The first-order chi connectivity index (χ1) is 23.8. The second-order valence-electron chi connectivity index (χ2n) is 12.9. The van der Waals surface area contributed by atoms with Crippen molar-refractivity contribution in [2.75, 3.05) is 0 Å². The van der Waals surface area contributed by atoms with Gasteiger partial charge in [-0.05, 0) is 69.8 Å². The minimum Gasteiger partial charge on any atom is -0.295 e. The van der Waals surface area contributed by atoms with Crippen molar-refractivity contribution in [3.05, 3.63) is 192 Å². The summed E-state index contributed by atoms with van der Waals surface area (Å²) in [6.07, 6.45) is 0. The minimum absolute atomic E-state index is 0.457. The normalized spacial score (nSPS) is 13.9. The van der Waals surface area contributed by atoms with Crippen molar-refractivity contribution in [2.45, 2.75) is 15.2 Å². The van der Waals surface area contributed by atoms with Gasteiger partial charge in [0.2, 0.25) is 0 Å². The van der Waals surface area contributed by atoms with Gasteiger partial charge in [-0.25, -0.2) is 0 Å². The monoisotopic (exact) mass is 628 g/mol. The number of para-hydroxylation sites is 3. The van der Waals surface area contributed by atoms with E-state index in [4.69, 9.17) is 0 Å². The van der Waals surface area contributed by atoms with Gasteiger partial charge in [0.1, 0.15) is 5.65 Å². The lowest BCUT2D eigenvalue weighted by Crippen LogP contribution is -2.28. The fraction of sp³-hybridized carbons (Fsp3) is 0.0222. The second-order valence-corrected chi connectivity index (χ2v) is 13.9. The van der Waals surface area contributed by atoms with Crippen LogP contribution in [-0.4, -0.2) is 9.13 Å². The molecule has 1 aliphatic heterocycles. The number of hydrogen-bond acceptors (Lipinski definition) is 1. The predicted octanol–water partition coefficient (Wildman–Crippen LogP) is 11.6. The molecule has 0 saturated carbocycles. The van der Waals surface area contributed by atoms with Crippen LogP contribution in [0.5, 0.6) is 0 Å². The summed E-state index contributed by atoms with van der Waals surface area (Å²) in [5.74, 6) is 0. The number of benzene rings is 7. The molecule has 0 spiro atoms. The third kappa shape index (κ3) is 3.24. The van der Waals surface area contributed by atoms with E-state index in [0.717, 1.165) is 5.69 Å². The van der Waals surface area contributed by atoms with Crippen LogP contribution in [0.3, 0.4) is 0 Å². The van der Waals surface area contributed by atoms with Gasteiger partial charge in [-0.1, -0.05) is 145 Å². The van der Waals surface area contributed by atoms with Gasteiger partial charge < -0.3 is 0 Å². The molecule has 224 valence electrons. The van der Waals surface area contributed by atoms with Crippen molar-refractivity contribution in [3.8, 4) is 22.5 Å².